The molecule has 0 spiro atoms. The van der Waals surface area contributed by atoms with Gasteiger partial charge in [-0.2, -0.15) is 0 Å². The van der Waals surface area contributed by atoms with Gasteiger partial charge in [0.15, 0.2) is 0 Å². The fraction of sp³-hybridized carbons (Fsp3) is 0.500. The highest BCUT2D eigenvalue weighted by Gasteiger charge is 2.13. The van der Waals surface area contributed by atoms with Crippen LogP contribution in [0.15, 0.2) is 23.9 Å². The van der Waals surface area contributed by atoms with Gasteiger partial charge in [-0.15, -0.1) is 0 Å². The second kappa shape index (κ2) is 2.26. The first-order valence-electron chi connectivity index (χ1n) is 3.35. The molecule has 1 nitrogen and oxygen atoms in total. The molecular formula is C8H13N. The molecule has 0 heterocycles. The van der Waals surface area contributed by atoms with Crippen LogP contribution in [0.5, 0.6) is 0 Å². The molecule has 0 bridgehead atoms. The zero-order chi connectivity index (χ0) is 6.85. The van der Waals surface area contributed by atoms with Crippen molar-refractivity contribution in [3.63, 3.8) is 0 Å². The minimum Gasteiger partial charge on any atom is -0.402 e. The Kier molecular flexibility index (Phi) is 1.60. The second-order valence-electron chi connectivity index (χ2n) is 2.70. The Labute approximate surface area is 56.2 Å². The molecule has 0 saturated heterocycles. The molecule has 0 amide bonds. The highest BCUT2D eigenvalue weighted by molar-refractivity contribution is 5.19. The van der Waals surface area contributed by atoms with Crippen LogP contribution in [0, 0.1) is 11.8 Å². The Balaban J connectivity index is 2.73. The van der Waals surface area contributed by atoms with E-state index in [9.17, 15) is 0 Å². The second-order valence-corrected chi connectivity index (χ2v) is 2.70. The molecule has 0 saturated carbocycles. The molecule has 0 fully saturated rings. The van der Waals surface area contributed by atoms with Gasteiger partial charge in [0.1, 0.15) is 0 Å². The number of rotatable bonds is 0. The van der Waals surface area contributed by atoms with Crippen LogP contribution in [0.2, 0.25) is 0 Å². The third-order valence-corrected chi connectivity index (χ3v) is 2.02. The normalized spacial score (nSPS) is 34.2. The summed E-state index contributed by atoms with van der Waals surface area (Å²) in [5.41, 5.74) is 6.68. The van der Waals surface area contributed by atoms with Crippen molar-refractivity contribution in [1.82, 2.24) is 0 Å². The van der Waals surface area contributed by atoms with Gasteiger partial charge in [0, 0.05) is 11.6 Å². The maximum Gasteiger partial charge on any atom is 0.0115 e. The van der Waals surface area contributed by atoms with Gasteiger partial charge in [0.05, 0.1) is 0 Å². The van der Waals surface area contributed by atoms with Gasteiger partial charge in [-0.1, -0.05) is 26.0 Å². The van der Waals surface area contributed by atoms with Crippen molar-refractivity contribution in [3.8, 4) is 0 Å². The largest absolute Gasteiger partial charge is 0.402 e. The first-order valence-corrected chi connectivity index (χ1v) is 3.35. The molecule has 1 rings (SSSR count). The van der Waals surface area contributed by atoms with Crippen molar-refractivity contribution in [2.24, 2.45) is 17.6 Å². The maximum absolute atomic E-state index is 5.68. The monoisotopic (exact) mass is 123 g/mol. The minimum atomic E-state index is 0.523. The lowest BCUT2D eigenvalue weighted by atomic mass is 9.89. The molecule has 1 heteroatoms. The van der Waals surface area contributed by atoms with Crippen LogP contribution in [0.3, 0.4) is 0 Å². The van der Waals surface area contributed by atoms with Crippen molar-refractivity contribution in [2.75, 3.05) is 0 Å². The van der Waals surface area contributed by atoms with Crippen molar-refractivity contribution in [1.29, 1.82) is 0 Å². The van der Waals surface area contributed by atoms with E-state index in [1.807, 2.05) is 12.2 Å². The Morgan fingerprint density at radius 1 is 1.44 bits per heavy atom. The van der Waals surface area contributed by atoms with Gasteiger partial charge in [-0.25, -0.2) is 0 Å². The predicted molar refractivity (Wildman–Crippen MR) is 39.7 cm³/mol. The molecule has 0 aromatic rings. The zero-order valence-corrected chi connectivity index (χ0v) is 5.96. The summed E-state index contributed by atoms with van der Waals surface area (Å²) >= 11 is 0. The zero-order valence-electron chi connectivity index (χ0n) is 5.96. The highest BCUT2D eigenvalue weighted by Crippen LogP contribution is 2.21. The summed E-state index contributed by atoms with van der Waals surface area (Å²) in [6, 6.07) is 0. The molecule has 0 aromatic heterocycles. The molecule has 1 aliphatic rings. The number of nitrogens with two attached hydrogens (primary N) is 1. The van der Waals surface area contributed by atoms with Crippen LogP contribution in [-0.2, 0) is 0 Å². The maximum atomic E-state index is 5.68. The molecule has 0 radical (unpaired) electrons. The van der Waals surface area contributed by atoms with Crippen molar-refractivity contribution in [3.05, 3.63) is 23.9 Å². The molecule has 2 atom stereocenters. The van der Waals surface area contributed by atoms with Gasteiger partial charge < -0.3 is 5.73 Å². The average Bonchev–Trinajstić information content (AvgIpc) is 1.83. The first-order chi connectivity index (χ1) is 4.22. The van der Waals surface area contributed by atoms with Crippen LogP contribution in [0.4, 0.5) is 0 Å². The molecule has 1 aliphatic carbocycles. The summed E-state index contributed by atoms with van der Waals surface area (Å²) in [5.74, 6) is 1.13. The number of hydrogen-bond donors (Lipinski definition) is 1. The fourth-order valence-corrected chi connectivity index (χ4v) is 0.964. The summed E-state index contributed by atoms with van der Waals surface area (Å²) in [7, 11) is 0. The lowest BCUT2D eigenvalue weighted by molar-refractivity contribution is 0.518. The van der Waals surface area contributed by atoms with Crippen molar-refractivity contribution >= 4 is 0 Å². The molecular weight excluding hydrogens is 110 g/mol. The standard InChI is InChI=1S/C8H13N/c1-6-4-3-5-8(9)7(6)2/h3-7H,9H2,1-2H3/t6-,7?/m0/s1. The SMILES string of the molecule is CC1C(N)=CC=C[C@@H]1C. The van der Waals surface area contributed by atoms with Crippen LogP contribution >= 0.6 is 0 Å². The smallest absolute Gasteiger partial charge is 0.0115 e. The van der Waals surface area contributed by atoms with Crippen LogP contribution in [0.1, 0.15) is 13.8 Å². The van der Waals surface area contributed by atoms with E-state index in [2.05, 4.69) is 19.9 Å². The van der Waals surface area contributed by atoms with Gasteiger partial charge in [-0.05, 0) is 12.0 Å². The van der Waals surface area contributed by atoms with Gasteiger partial charge >= 0.3 is 0 Å². The third kappa shape index (κ3) is 1.15. The molecule has 0 aliphatic heterocycles. The molecule has 0 aromatic carbocycles. The topological polar surface area (TPSA) is 26.0 Å². The third-order valence-electron chi connectivity index (χ3n) is 2.02. The minimum absolute atomic E-state index is 0.523. The van der Waals surface area contributed by atoms with Crippen LogP contribution in [0.25, 0.3) is 0 Å². The van der Waals surface area contributed by atoms with E-state index in [4.69, 9.17) is 5.73 Å². The summed E-state index contributed by atoms with van der Waals surface area (Å²) in [5, 5.41) is 0. The Hall–Kier alpha value is -0.720. The lowest BCUT2D eigenvalue weighted by Gasteiger charge is -2.19. The van der Waals surface area contributed by atoms with Gasteiger partial charge in [-0.3, -0.25) is 0 Å². The average molecular weight is 123 g/mol. The van der Waals surface area contributed by atoms with E-state index in [-0.39, 0.29) is 0 Å². The number of allylic oxidation sites excluding steroid dienone is 4. The highest BCUT2D eigenvalue weighted by atomic mass is 14.6. The van der Waals surface area contributed by atoms with Crippen LogP contribution in [-0.4, -0.2) is 0 Å². The van der Waals surface area contributed by atoms with E-state index in [0.717, 1.165) is 5.70 Å². The molecule has 9 heavy (non-hydrogen) atoms. The fourth-order valence-electron chi connectivity index (χ4n) is 0.964. The van der Waals surface area contributed by atoms with E-state index in [1.165, 1.54) is 0 Å². The predicted octanol–water partition coefficient (Wildman–Crippen LogP) is 1.67. The molecule has 2 N–H and O–H groups in total. The Morgan fingerprint density at radius 2 is 2.11 bits per heavy atom. The van der Waals surface area contributed by atoms with E-state index in [1.54, 1.807) is 0 Å². The summed E-state index contributed by atoms with van der Waals surface area (Å²) in [6.45, 7) is 4.33. The summed E-state index contributed by atoms with van der Waals surface area (Å²) < 4.78 is 0. The lowest BCUT2D eigenvalue weighted by Crippen LogP contribution is -2.16. The van der Waals surface area contributed by atoms with Crippen molar-refractivity contribution in [2.45, 2.75) is 13.8 Å². The summed E-state index contributed by atoms with van der Waals surface area (Å²) in [6.07, 6.45) is 6.19. The van der Waals surface area contributed by atoms with E-state index >= 15 is 0 Å². The van der Waals surface area contributed by atoms with Crippen LogP contribution < -0.4 is 5.73 Å². The van der Waals surface area contributed by atoms with Gasteiger partial charge in [0.2, 0.25) is 0 Å². The number of hydrogen-bond acceptors (Lipinski definition) is 1. The van der Waals surface area contributed by atoms with E-state index in [0.29, 0.717) is 11.8 Å². The van der Waals surface area contributed by atoms with E-state index < -0.39 is 0 Å². The quantitative estimate of drug-likeness (QED) is 0.521. The Morgan fingerprint density at radius 3 is 2.56 bits per heavy atom. The first kappa shape index (κ1) is 6.40. The molecule has 50 valence electrons. The van der Waals surface area contributed by atoms with Gasteiger partial charge in [0.25, 0.3) is 0 Å². The molecule has 1 unspecified atom stereocenters. The summed E-state index contributed by atoms with van der Waals surface area (Å²) in [4.78, 5) is 0. The Bertz CT molecular complexity index is 156. The van der Waals surface area contributed by atoms with Crippen molar-refractivity contribution < 1.29 is 0 Å².